The van der Waals surface area contributed by atoms with E-state index in [9.17, 15) is 9.59 Å². The van der Waals surface area contributed by atoms with Crippen LogP contribution in [0.4, 0.5) is 0 Å². The van der Waals surface area contributed by atoms with Crippen LogP contribution < -0.4 is 0 Å². The summed E-state index contributed by atoms with van der Waals surface area (Å²) in [5.74, 6) is -1.09. The summed E-state index contributed by atoms with van der Waals surface area (Å²) in [6, 6.07) is 0. The highest BCUT2D eigenvalue weighted by Gasteiger charge is 2.24. The van der Waals surface area contributed by atoms with Gasteiger partial charge in [0, 0.05) is 0 Å². The third kappa shape index (κ3) is 8.49. The lowest BCUT2D eigenvalue weighted by atomic mass is 9.99. The van der Waals surface area contributed by atoms with Crippen molar-refractivity contribution in [3.8, 4) is 0 Å². The molecule has 0 aromatic heterocycles. The SMILES string of the molecule is CC=CCCC(CC)C(=O)OC(=O)C(CC)CCC=CC. The summed E-state index contributed by atoms with van der Waals surface area (Å²) >= 11 is 0. The van der Waals surface area contributed by atoms with E-state index in [2.05, 4.69) is 0 Å². The van der Waals surface area contributed by atoms with Gasteiger partial charge in [-0.05, 0) is 52.4 Å². The zero-order valence-corrected chi connectivity index (χ0v) is 13.9. The molecule has 3 nitrogen and oxygen atoms in total. The number of hydrogen-bond donors (Lipinski definition) is 0. The molecule has 0 bridgehead atoms. The van der Waals surface area contributed by atoms with Gasteiger partial charge in [-0.15, -0.1) is 0 Å². The summed E-state index contributed by atoms with van der Waals surface area (Å²) in [6.07, 6.45) is 12.6. The Morgan fingerprint density at radius 3 is 1.52 bits per heavy atom. The van der Waals surface area contributed by atoms with E-state index in [1.54, 1.807) is 0 Å². The summed E-state index contributed by atoms with van der Waals surface area (Å²) in [7, 11) is 0. The zero-order chi connectivity index (χ0) is 16.1. The van der Waals surface area contributed by atoms with Gasteiger partial charge in [0.2, 0.25) is 0 Å². The molecular weight excluding hydrogens is 264 g/mol. The molecule has 21 heavy (non-hydrogen) atoms. The van der Waals surface area contributed by atoms with Crippen molar-refractivity contribution in [3.05, 3.63) is 24.3 Å². The molecule has 3 heteroatoms. The first kappa shape index (κ1) is 19.6. The molecule has 0 saturated carbocycles. The summed E-state index contributed by atoms with van der Waals surface area (Å²) in [6.45, 7) is 7.82. The quantitative estimate of drug-likeness (QED) is 0.329. The number of allylic oxidation sites excluding steroid dienone is 4. The molecular formula is C18H30O3. The summed E-state index contributed by atoms with van der Waals surface area (Å²) in [4.78, 5) is 24.1. The van der Waals surface area contributed by atoms with Crippen molar-refractivity contribution in [1.29, 1.82) is 0 Å². The minimum Gasteiger partial charge on any atom is -0.393 e. The van der Waals surface area contributed by atoms with Crippen LogP contribution in [0.1, 0.15) is 66.2 Å². The number of hydrogen-bond acceptors (Lipinski definition) is 3. The van der Waals surface area contributed by atoms with E-state index in [4.69, 9.17) is 4.74 Å². The second kappa shape index (κ2) is 12.4. The fraction of sp³-hybridized carbons (Fsp3) is 0.667. The Balaban J connectivity index is 4.39. The Morgan fingerprint density at radius 2 is 1.24 bits per heavy atom. The lowest BCUT2D eigenvalue weighted by Gasteiger charge is -2.16. The Labute approximate surface area is 129 Å². The predicted octanol–water partition coefficient (Wildman–Crippen LogP) is 4.82. The van der Waals surface area contributed by atoms with Crippen LogP contribution >= 0.6 is 0 Å². The van der Waals surface area contributed by atoms with Crippen molar-refractivity contribution in [2.45, 2.75) is 66.2 Å². The standard InChI is InChI=1S/C18H30O3/c1-5-9-11-13-15(7-3)17(19)21-18(20)16(8-4)14-12-10-6-2/h5-6,9-10,15-16H,7-8,11-14H2,1-4H3. The maximum atomic E-state index is 12.0. The summed E-state index contributed by atoms with van der Waals surface area (Å²) in [5.41, 5.74) is 0. The lowest BCUT2D eigenvalue weighted by molar-refractivity contribution is -0.166. The van der Waals surface area contributed by atoms with Crippen molar-refractivity contribution in [2.75, 3.05) is 0 Å². The van der Waals surface area contributed by atoms with E-state index in [0.29, 0.717) is 12.8 Å². The molecule has 0 aliphatic heterocycles. The first-order valence-corrected chi connectivity index (χ1v) is 8.08. The fourth-order valence-corrected chi connectivity index (χ4v) is 2.17. The molecule has 0 aliphatic carbocycles. The topological polar surface area (TPSA) is 43.4 Å². The molecule has 0 aromatic rings. The highest BCUT2D eigenvalue weighted by Crippen LogP contribution is 2.18. The molecule has 0 heterocycles. The monoisotopic (exact) mass is 294 g/mol. The van der Waals surface area contributed by atoms with Gasteiger partial charge in [-0.2, -0.15) is 0 Å². The van der Waals surface area contributed by atoms with Crippen LogP contribution in [0.2, 0.25) is 0 Å². The van der Waals surface area contributed by atoms with Crippen molar-refractivity contribution < 1.29 is 14.3 Å². The largest absolute Gasteiger partial charge is 0.393 e. The molecule has 0 saturated heterocycles. The molecule has 0 amide bonds. The fourth-order valence-electron chi connectivity index (χ4n) is 2.17. The molecule has 0 N–H and O–H groups in total. The molecule has 2 atom stereocenters. The third-order valence-electron chi connectivity index (χ3n) is 3.69. The maximum absolute atomic E-state index is 12.0. The smallest absolute Gasteiger partial charge is 0.316 e. The molecule has 0 rings (SSSR count). The summed E-state index contributed by atoms with van der Waals surface area (Å²) < 4.78 is 5.09. The average Bonchev–Trinajstić information content (AvgIpc) is 2.48. The number of ether oxygens (including phenoxy) is 1. The minimum atomic E-state index is -0.364. The highest BCUT2D eigenvalue weighted by atomic mass is 16.6. The Morgan fingerprint density at radius 1 is 0.857 bits per heavy atom. The van der Waals surface area contributed by atoms with Crippen LogP contribution in [-0.4, -0.2) is 11.9 Å². The van der Waals surface area contributed by atoms with Gasteiger partial charge in [0.1, 0.15) is 0 Å². The summed E-state index contributed by atoms with van der Waals surface area (Å²) in [5, 5.41) is 0. The molecule has 0 radical (unpaired) electrons. The molecule has 0 aromatic carbocycles. The first-order chi connectivity index (χ1) is 10.1. The first-order valence-electron chi connectivity index (χ1n) is 8.08. The molecule has 0 fully saturated rings. The van der Waals surface area contributed by atoms with Crippen molar-refractivity contribution in [1.82, 2.24) is 0 Å². The van der Waals surface area contributed by atoms with Crippen LogP contribution in [0.5, 0.6) is 0 Å². The minimum absolute atomic E-state index is 0.182. The average molecular weight is 294 g/mol. The van der Waals surface area contributed by atoms with Crippen molar-refractivity contribution in [2.24, 2.45) is 11.8 Å². The van der Waals surface area contributed by atoms with Gasteiger partial charge in [-0.25, -0.2) is 0 Å². The van der Waals surface area contributed by atoms with E-state index in [1.807, 2.05) is 52.0 Å². The van der Waals surface area contributed by atoms with Crippen molar-refractivity contribution in [3.63, 3.8) is 0 Å². The molecule has 0 spiro atoms. The maximum Gasteiger partial charge on any atom is 0.316 e. The van der Waals surface area contributed by atoms with Gasteiger partial charge >= 0.3 is 11.9 Å². The van der Waals surface area contributed by atoms with Gasteiger partial charge in [-0.1, -0.05) is 38.2 Å². The number of carbonyl (C=O) groups is 2. The number of esters is 2. The second-order valence-electron chi connectivity index (χ2n) is 5.24. The normalized spacial score (nSPS) is 14.5. The van der Waals surface area contributed by atoms with Crippen molar-refractivity contribution >= 4 is 11.9 Å². The van der Waals surface area contributed by atoms with Crippen LogP contribution in [0.15, 0.2) is 24.3 Å². The van der Waals surface area contributed by atoms with Crippen LogP contribution in [0.3, 0.4) is 0 Å². The lowest BCUT2D eigenvalue weighted by Crippen LogP contribution is -2.25. The number of carbonyl (C=O) groups excluding carboxylic acids is 2. The van der Waals surface area contributed by atoms with Gasteiger partial charge in [0.25, 0.3) is 0 Å². The Hall–Kier alpha value is -1.38. The van der Waals surface area contributed by atoms with Gasteiger partial charge in [0.15, 0.2) is 0 Å². The Bertz CT molecular complexity index is 321. The molecule has 0 aliphatic rings. The van der Waals surface area contributed by atoms with E-state index < -0.39 is 0 Å². The van der Waals surface area contributed by atoms with Gasteiger partial charge in [0.05, 0.1) is 11.8 Å². The highest BCUT2D eigenvalue weighted by molar-refractivity contribution is 5.87. The third-order valence-corrected chi connectivity index (χ3v) is 3.69. The zero-order valence-electron chi connectivity index (χ0n) is 13.9. The van der Waals surface area contributed by atoms with E-state index in [0.717, 1.165) is 25.7 Å². The van der Waals surface area contributed by atoms with Crippen LogP contribution in [0, 0.1) is 11.8 Å². The van der Waals surface area contributed by atoms with Crippen LogP contribution in [-0.2, 0) is 14.3 Å². The van der Waals surface area contributed by atoms with E-state index >= 15 is 0 Å². The van der Waals surface area contributed by atoms with E-state index in [1.165, 1.54) is 0 Å². The second-order valence-corrected chi connectivity index (χ2v) is 5.24. The van der Waals surface area contributed by atoms with Crippen LogP contribution in [0.25, 0.3) is 0 Å². The number of rotatable bonds is 10. The van der Waals surface area contributed by atoms with Gasteiger partial charge < -0.3 is 4.74 Å². The van der Waals surface area contributed by atoms with Gasteiger partial charge in [-0.3, -0.25) is 9.59 Å². The Kier molecular flexibility index (Phi) is 11.6. The molecule has 2 unspecified atom stereocenters. The van der Waals surface area contributed by atoms with E-state index in [-0.39, 0.29) is 23.8 Å². The molecule has 120 valence electrons. The predicted molar refractivity (Wildman–Crippen MR) is 86.8 cm³/mol.